The minimum absolute atomic E-state index is 0.0195. The molecule has 0 aromatic rings. The number of carbonyl (C=O) groups excluding carboxylic acids is 2. The van der Waals surface area contributed by atoms with Crippen molar-refractivity contribution in [1.29, 1.82) is 0 Å². The average Bonchev–Trinajstić information content (AvgIpc) is 3.40. The molecule has 4 nitrogen and oxygen atoms in total. The molecule has 0 aromatic carbocycles. The minimum atomic E-state index is -0.449. The van der Waals surface area contributed by atoms with Crippen LogP contribution in [-0.4, -0.2) is 35.0 Å². The van der Waals surface area contributed by atoms with Crippen LogP contribution in [0.15, 0.2) is 23.8 Å². The van der Waals surface area contributed by atoms with Gasteiger partial charge in [-0.2, -0.15) is 0 Å². The molecule has 0 N–H and O–H groups in total. The van der Waals surface area contributed by atoms with Crippen LogP contribution in [0.4, 0.5) is 0 Å². The first-order valence-corrected chi connectivity index (χ1v) is 8.96. The zero-order valence-corrected chi connectivity index (χ0v) is 15.0. The largest absolute Gasteiger partial charge is 0.366 e. The first-order chi connectivity index (χ1) is 11.1. The predicted molar refractivity (Wildman–Crippen MR) is 89.5 cm³/mol. The molecule has 2 aliphatic heterocycles. The van der Waals surface area contributed by atoms with Crippen molar-refractivity contribution in [2.24, 2.45) is 11.3 Å². The highest BCUT2D eigenvalue weighted by atomic mass is 16.6. The highest BCUT2D eigenvalue weighted by Gasteiger charge is 2.61. The van der Waals surface area contributed by atoms with Gasteiger partial charge in [0.05, 0.1) is 11.7 Å². The van der Waals surface area contributed by atoms with Gasteiger partial charge >= 0.3 is 0 Å². The van der Waals surface area contributed by atoms with Gasteiger partial charge in [0.2, 0.25) is 0 Å². The molecule has 24 heavy (non-hydrogen) atoms. The lowest BCUT2D eigenvalue weighted by Crippen LogP contribution is -2.40. The normalized spacial score (nSPS) is 50.9. The van der Waals surface area contributed by atoms with E-state index in [-0.39, 0.29) is 29.2 Å². The molecular weight excluding hydrogens is 304 g/mol. The van der Waals surface area contributed by atoms with Gasteiger partial charge in [-0.15, -0.1) is 0 Å². The number of carbonyl (C=O) groups is 2. The van der Waals surface area contributed by atoms with Crippen LogP contribution in [0.5, 0.6) is 0 Å². The van der Waals surface area contributed by atoms with E-state index in [0.29, 0.717) is 5.57 Å². The van der Waals surface area contributed by atoms with E-state index in [1.54, 1.807) is 0 Å². The van der Waals surface area contributed by atoms with Crippen molar-refractivity contribution in [1.82, 2.24) is 0 Å². The minimum Gasteiger partial charge on any atom is -0.366 e. The molecule has 6 atom stereocenters. The van der Waals surface area contributed by atoms with Gasteiger partial charge in [-0.05, 0) is 51.2 Å². The Morgan fingerprint density at radius 2 is 1.79 bits per heavy atom. The van der Waals surface area contributed by atoms with E-state index in [9.17, 15) is 9.59 Å². The third-order valence-corrected chi connectivity index (χ3v) is 7.15. The standard InChI is InChI=1S/C20H26O4/c1-11-13-10-14(21)12(2)18(11,3)8-9-19(4)15(23-19)6-7-20(5)17(24-20)16(13)22/h10,12,15,17H,1,6-9H2,2-5H3/t12-,15-,17+,18+,19-,20+/m0/s1. The molecule has 0 radical (unpaired) electrons. The number of ketones is 2. The molecular formula is C20H26O4. The Kier molecular flexibility index (Phi) is 3.16. The molecule has 4 rings (SSSR count). The van der Waals surface area contributed by atoms with E-state index in [4.69, 9.17) is 9.47 Å². The Hall–Kier alpha value is -1.26. The number of fused-ring (bicyclic) bond motifs is 4. The number of rotatable bonds is 0. The van der Waals surface area contributed by atoms with E-state index in [2.05, 4.69) is 20.4 Å². The molecule has 3 fully saturated rings. The second-order valence-electron chi connectivity index (χ2n) is 8.71. The van der Waals surface area contributed by atoms with Crippen molar-refractivity contribution >= 4 is 11.6 Å². The van der Waals surface area contributed by atoms with E-state index in [0.717, 1.165) is 31.3 Å². The summed E-state index contributed by atoms with van der Waals surface area (Å²) in [7, 11) is 0. The second-order valence-corrected chi connectivity index (χ2v) is 8.71. The summed E-state index contributed by atoms with van der Waals surface area (Å²) in [6, 6.07) is 0. The van der Waals surface area contributed by atoms with Gasteiger partial charge in [0, 0.05) is 16.9 Å². The average molecular weight is 330 g/mol. The molecule has 4 aliphatic rings. The third kappa shape index (κ3) is 2.12. The van der Waals surface area contributed by atoms with Gasteiger partial charge in [0.25, 0.3) is 0 Å². The third-order valence-electron chi connectivity index (χ3n) is 7.15. The van der Waals surface area contributed by atoms with Crippen molar-refractivity contribution < 1.29 is 19.1 Å². The fraction of sp³-hybridized carbons (Fsp3) is 0.700. The lowest BCUT2D eigenvalue weighted by Gasteiger charge is -2.41. The van der Waals surface area contributed by atoms with Crippen LogP contribution in [-0.2, 0) is 19.1 Å². The Balaban J connectivity index is 1.74. The number of Topliss-reactive ketones (excluding diaryl/α,β-unsaturated/α-hetero) is 1. The molecule has 2 aliphatic carbocycles. The smallest absolute Gasteiger partial charge is 0.194 e. The van der Waals surface area contributed by atoms with Crippen LogP contribution in [0.25, 0.3) is 0 Å². The number of ether oxygens (including phenoxy) is 2. The number of allylic oxidation sites excluding steroid dienone is 2. The summed E-state index contributed by atoms with van der Waals surface area (Å²) in [5, 5.41) is 0. The van der Waals surface area contributed by atoms with Crippen LogP contribution in [0.1, 0.15) is 53.4 Å². The van der Waals surface area contributed by atoms with Gasteiger partial charge in [-0.1, -0.05) is 20.4 Å². The van der Waals surface area contributed by atoms with Crippen LogP contribution in [0, 0.1) is 11.3 Å². The van der Waals surface area contributed by atoms with Crippen molar-refractivity contribution in [3.63, 3.8) is 0 Å². The van der Waals surface area contributed by atoms with Crippen molar-refractivity contribution in [3.8, 4) is 0 Å². The lowest BCUT2D eigenvalue weighted by atomic mass is 9.61. The number of hydrogen-bond acceptors (Lipinski definition) is 4. The highest BCUT2D eigenvalue weighted by Crippen LogP contribution is 2.54. The summed E-state index contributed by atoms with van der Waals surface area (Å²) in [6.45, 7) is 12.4. The fourth-order valence-corrected chi connectivity index (χ4v) is 4.52. The van der Waals surface area contributed by atoms with E-state index >= 15 is 0 Å². The summed E-state index contributed by atoms with van der Waals surface area (Å²) >= 11 is 0. The first kappa shape index (κ1) is 16.2. The molecule has 0 spiro atoms. The van der Waals surface area contributed by atoms with Crippen molar-refractivity contribution in [2.45, 2.75) is 76.8 Å². The van der Waals surface area contributed by atoms with Gasteiger partial charge in [0.15, 0.2) is 11.6 Å². The molecule has 0 amide bonds. The molecule has 2 heterocycles. The van der Waals surface area contributed by atoms with Crippen LogP contribution >= 0.6 is 0 Å². The molecule has 130 valence electrons. The quantitative estimate of drug-likeness (QED) is 0.640. The Morgan fingerprint density at radius 3 is 2.50 bits per heavy atom. The zero-order valence-electron chi connectivity index (χ0n) is 15.0. The summed E-state index contributed by atoms with van der Waals surface area (Å²) in [6.07, 6.45) is 4.70. The van der Waals surface area contributed by atoms with E-state index in [1.807, 2.05) is 13.8 Å². The summed E-state index contributed by atoms with van der Waals surface area (Å²) in [4.78, 5) is 25.5. The van der Waals surface area contributed by atoms with E-state index in [1.165, 1.54) is 6.08 Å². The lowest BCUT2D eigenvalue weighted by molar-refractivity contribution is -0.123. The zero-order chi connectivity index (χ0) is 17.5. The Bertz CT molecular complexity index is 692. The maximum Gasteiger partial charge on any atom is 0.194 e. The summed E-state index contributed by atoms with van der Waals surface area (Å²) in [5.74, 6) is -0.225. The van der Waals surface area contributed by atoms with Crippen molar-refractivity contribution in [2.75, 3.05) is 0 Å². The number of hydrogen-bond donors (Lipinski definition) is 0. The molecule has 0 unspecified atom stereocenters. The van der Waals surface area contributed by atoms with Crippen LogP contribution in [0.3, 0.4) is 0 Å². The van der Waals surface area contributed by atoms with Gasteiger partial charge in [-0.3, -0.25) is 9.59 Å². The van der Waals surface area contributed by atoms with Crippen molar-refractivity contribution in [3.05, 3.63) is 23.8 Å². The monoisotopic (exact) mass is 330 g/mol. The Labute approximate surface area is 143 Å². The highest BCUT2D eigenvalue weighted by molar-refractivity contribution is 6.11. The molecule has 0 aromatic heterocycles. The van der Waals surface area contributed by atoms with Crippen LogP contribution in [0.2, 0.25) is 0 Å². The SMILES string of the molecule is C=C1C2=CC(=O)[C@H](C)[C@]1(C)CC[C@]1(C)O[C@H]1CC[C@@]1(C)O[C@@H]1C2=O. The summed E-state index contributed by atoms with van der Waals surface area (Å²) < 4.78 is 11.7. The first-order valence-electron chi connectivity index (χ1n) is 8.96. The maximum absolute atomic E-state index is 12.9. The topological polar surface area (TPSA) is 59.2 Å². The summed E-state index contributed by atoms with van der Waals surface area (Å²) in [5.41, 5.74) is 0.331. The number of epoxide rings is 2. The van der Waals surface area contributed by atoms with Gasteiger partial charge in [0.1, 0.15) is 11.7 Å². The molecule has 4 heteroatoms. The molecule has 1 saturated carbocycles. The van der Waals surface area contributed by atoms with Gasteiger partial charge < -0.3 is 9.47 Å². The fourth-order valence-electron chi connectivity index (χ4n) is 4.52. The predicted octanol–water partition coefficient (Wildman–Crippen LogP) is 3.15. The maximum atomic E-state index is 12.9. The molecule has 2 saturated heterocycles. The van der Waals surface area contributed by atoms with E-state index < -0.39 is 17.1 Å². The molecule has 2 bridgehead atoms. The second kappa shape index (κ2) is 4.67. The van der Waals surface area contributed by atoms with Gasteiger partial charge in [-0.25, -0.2) is 0 Å². The Morgan fingerprint density at radius 1 is 1.08 bits per heavy atom. The van der Waals surface area contributed by atoms with Crippen LogP contribution < -0.4 is 0 Å².